The first kappa shape index (κ1) is 11.5. The zero-order valence-electron chi connectivity index (χ0n) is 9.23. The number of carbonyl (C=O) groups excluding carboxylic acids is 1. The highest BCUT2D eigenvalue weighted by atomic mass is 16.6. The van der Waals surface area contributed by atoms with E-state index in [2.05, 4.69) is 0 Å². The molecule has 15 heavy (non-hydrogen) atoms. The Hall–Kier alpha value is -1.55. The number of phenolic OH excluding ortho intramolecular Hbond substituents is 1. The quantitative estimate of drug-likeness (QED) is 0.760. The predicted octanol–water partition coefficient (Wildman–Crippen LogP) is 2.12. The highest BCUT2D eigenvalue weighted by molar-refractivity contribution is 5.81. The number of quaternary nitrogens is 1. The van der Waals surface area contributed by atoms with Gasteiger partial charge in [0.25, 0.3) is 0 Å². The van der Waals surface area contributed by atoms with Crippen LogP contribution in [0.4, 0.5) is 10.5 Å². The molecule has 1 amide bonds. The third kappa shape index (κ3) is 2.47. The van der Waals surface area contributed by atoms with E-state index in [4.69, 9.17) is 9.84 Å². The smallest absolute Gasteiger partial charge is 0.508 e. The van der Waals surface area contributed by atoms with Crippen molar-refractivity contribution in [2.45, 2.75) is 6.92 Å². The van der Waals surface area contributed by atoms with Crippen LogP contribution in [0.3, 0.4) is 0 Å². The van der Waals surface area contributed by atoms with E-state index >= 15 is 0 Å². The van der Waals surface area contributed by atoms with E-state index in [1.54, 1.807) is 45.3 Å². The standard InChI is InChI=1S/C11H15NO3/c1-4-15-11(14)12(2,3)9-5-7-10(13)8-6-9/h5-8H,4H2,1-3H3/p+1. The van der Waals surface area contributed by atoms with Crippen molar-refractivity contribution in [2.75, 3.05) is 20.7 Å². The summed E-state index contributed by atoms with van der Waals surface area (Å²) in [6.07, 6.45) is -0.316. The summed E-state index contributed by atoms with van der Waals surface area (Å²) in [6.45, 7) is 2.13. The Labute approximate surface area is 89.3 Å². The zero-order valence-corrected chi connectivity index (χ0v) is 9.23. The average molecular weight is 210 g/mol. The average Bonchev–Trinajstić information content (AvgIpc) is 2.18. The first-order valence-electron chi connectivity index (χ1n) is 4.79. The van der Waals surface area contributed by atoms with Gasteiger partial charge in [0.2, 0.25) is 0 Å². The van der Waals surface area contributed by atoms with Crippen molar-refractivity contribution in [2.24, 2.45) is 0 Å². The van der Waals surface area contributed by atoms with Crippen LogP contribution in [0.15, 0.2) is 24.3 Å². The molecule has 0 spiro atoms. The van der Waals surface area contributed by atoms with E-state index in [0.29, 0.717) is 6.61 Å². The van der Waals surface area contributed by atoms with Gasteiger partial charge in [0, 0.05) is 12.1 Å². The monoisotopic (exact) mass is 210 g/mol. The molecule has 82 valence electrons. The van der Waals surface area contributed by atoms with Gasteiger partial charge in [-0.05, 0) is 19.1 Å². The number of hydrogen-bond acceptors (Lipinski definition) is 3. The maximum Gasteiger partial charge on any atom is 0.520 e. The van der Waals surface area contributed by atoms with E-state index in [0.717, 1.165) is 5.69 Å². The lowest BCUT2D eigenvalue weighted by Gasteiger charge is -2.24. The maximum atomic E-state index is 11.6. The Morgan fingerprint density at radius 3 is 2.33 bits per heavy atom. The number of benzene rings is 1. The van der Waals surface area contributed by atoms with Gasteiger partial charge in [-0.3, -0.25) is 0 Å². The zero-order chi connectivity index (χ0) is 11.5. The molecule has 0 saturated carbocycles. The van der Waals surface area contributed by atoms with Crippen molar-refractivity contribution in [3.05, 3.63) is 24.3 Å². The number of phenols is 1. The van der Waals surface area contributed by atoms with Crippen LogP contribution < -0.4 is 4.48 Å². The summed E-state index contributed by atoms with van der Waals surface area (Å²) < 4.78 is 4.97. The van der Waals surface area contributed by atoms with E-state index in [1.165, 1.54) is 0 Å². The molecule has 0 radical (unpaired) electrons. The molecule has 1 N–H and O–H groups in total. The molecule has 1 aromatic carbocycles. The Morgan fingerprint density at radius 2 is 1.87 bits per heavy atom. The summed E-state index contributed by atoms with van der Waals surface area (Å²) in [5, 5.41) is 9.14. The molecule has 4 nitrogen and oxygen atoms in total. The van der Waals surface area contributed by atoms with Gasteiger partial charge in [-0.1, -0.05) is 0 Å². The minimum Gasteiger partial charge on any atom is -0.508 e. The Morgan fingerprint density at radius 1 is 1.33 bits per heavy atom. The number of hydrogen-bond donors (Lipinski definition) is 1. The molecule has 0 aliphatic heterocycles. The minimum atomic E-state index is -0.316. The molecule has 0 aliphatic carbocycles. The predicted molar refractivity (Wildman–Crippen MR) is 58.8 cm³/mol. The summed E-state index contributed by atoms with van der Waals surface area (Å²) in [7, 11) is 3.48. The molecule has 0 atom stereocenters. The number of nitrogens with zero attached hydrogens (tertiary/aromatic N) is 1. The summed E-state index contributed by atoms with van der Waals surface area (Å²) in [5.74, 6) is 0.183. The number of aromatic hydroxyl groups is 1. The van der Waals surface area contributed by atoms with Gasteiger partial charge in [0.05, 0.1) is 20.7 Å². The van der Waals surface area contributed by atoms with Crippen molar-refractivity contribution < 1.29 is 14.6 Å². The highest BCUT2D eigenvalue weighted by Gasteiger charge is 2.30. The van der Waals surface area contributed by atoms with Crippen molar-refractivity contribution >= 4 is 11.8 Å². The van der Waals surface area contributed by atoms with E-state index in [-0.39, 0.29) is 16.3 Å². The topological polar surface area (TPSA) is 46.5 Å². The maximum absolute atomic E-state index is 11.6. The lowest BCUT2D eigenvalue weighted by atomic mass is 10.2. The fourth-order valence-electron chi connectivity index (χ4n) is 1.22. The second-order valence-electron chi connectivity index (χ2n) is 3.67. The molecule has 0 unspecified atom stereocenters. The number of carbonyl (C=O) groups is 1. The number of amides is 1. The van der Waals surface area contributed by atoms with Crippen LogP contribution in [0.5, 0.6) is 5.75 Å². The Bertz CT molecular complexity index is 343. The first-order chi connectivity index (χ1) is 6.98. The van der Waals surface area contributed by atoms with Crippen molar-refractivity contribution in [3.63, 3.8) is 0 Å². The van der Waals surface area contributed by atoms with E-state index < -0.39 is 0 Å². The van der Waals surface area contributed by atoms with Gasteiger partial charge in [-0.2, -0.15) is 9.28 Å². The van der Waals surface area contributed by atoms with Crippen LogP contribution in [-0.4, -0.2) is 31.9 Å². The van der Waals surface area contributed by atoms with Crippen LogP contribution in [0.25, 0.3) is 0 Å². The molecular formula is C11H16NO3+. The highest BCUT2D eigenvalue weighted by Crippen LogP contribution is 2.22. The second-order valence-corrected chi connectivity index (χ2v) is 3.67. The molecule has 1 aromatic rings. The third-order valence-corrected chi connectivity index (χ3v) is 2.22. The lowest BCUT2D eigenvalue weighted by Crippen LogP contribution is -2.46. The largest absolute Gasteiger partial charge is 0.520 e. The van der Waals surface area contributed by atoms with Gasteiger partial charge < -0.3 is 9.84 Å². The molecule has 4 heteroatoms. The second kappa shape index (κ2) is 4.31. The third-order valence-electron chi connectivity index (χ3n) is 2.22. The summed E-state index contributed by atoms with van der Waals surface area (Å²) in [6, 6.07) is 6.50. The fraction of sp³-hybridized carbons (Fsp3) is 0.364. The van der Waals surface area contributed by atoms with Crippen LogP contribution in [0.1, 0.15) is 6.92 Å². The van der Waals surface area contributed by atoms with Crippen molar-refractivity contribution in [3.8, 4) is 5.75 Å². The van der Waals surface area contributed by atoms with E-state index in [1.807, 2.05) is 0 Å². The molecule has 0 aliphatic rings. The SMILES string of the molecule is CCOC(=O)[N+](C)(C)c1ccc(O)cc1. The van der Waals surface area contributed by atoms with Gasteiger partial charge in [0.1, 0.15) is 11.4 Å². The first-order valence-corrected chi connectivity index (χ1v) is 4.79. The van der Waals surface area contributed by atoms with Gasteiger partial charge >= 0.3 is 6.09 Å². The Balaban J connectivity index is 2.94. The van der Waals surface area contributed by atoms with Gasteiger partial charge in [-0.15, -0.1) is 0 Å². The van der Waals surface area contributed by atoms with Crippen molar-refractivity contribution in [1.29, 1.82) is 0 Å². The summed E-state index contributed by atoms with van der Waals surface area (Å²) >= 11 is 0. The van der Waals surface area contributed by atoms with Gasteiger partial charge in [0.15, 0.2) is 0 Å². The van der Waals surface area contributed by atoms with Crippen molar-refractivity contribution in [1.82, 2.24) is 4.48 Å². The Kier molecular flexibility index (Phi) is 3.31. The fourth-order valence-corrected chi connectivity index (χ4v) is 1.22. The van der Waals surface area contributed by atoms with Crippen LogP contribution in [0, 0.1) is 0 Å². The number of rotatable bonds is 2. The number of ether oxygens (including phenoxy) is 1. The molecule has 1 rings (SSSR count). The van der Waals surface area contributed by atoms with Crippen LogP contribution >= 0.6 is 0 Å². The molecule has 0 aromatic heterocycles. The molecule has 0 bridgehead atoms. The van der Waals surface area contributed by atoms with Crippen LogP contribution in [-0.2, 0) is 4.74 Å². The summed E-state index contributed by atoms with van der Waals surface area (Å²) in [5.41, 5.74) is 0.770. The molecular weight excluding hydrogens is 194 g/mol. The normalized spacial score (nSPS) is 11.1. The molecule has 0 heterocycles. The minimum absolute atomic E-state index is 0.00806. The molecule has 0 fully saturated rings. The van der Waals surface area contributed by atoms with Crippen LogP contribution in [0.2, 0.25) is 0 Å². The lowest BCUT2D eigenvalue weighted by molar-refractivity contribution is 0.124. The van der Waals surface area contributed by atoms with E-state index in [9.17, 15) is 4.79 Å². The summed E-state index contributed by atoms with van der Waals surface area (Å²) in [4.78, 5) is 11.6. The van der Waals surface area contributed by atoms with Gasteiger partial charge in [-0.25, -0.2) is 0 Å². The molecule has 0 saturated heterocycles.